The second-order valence-corrected chi connectivity index (χ2v) is 7.09. The molecule has 1 atom stereocenters. The van der Waals surface area contributed by atoms with Gasteiger partial charge in [0.05, 0.1) is 22.8 Å². The second kappa shape index (κ2) is 4.93. The molecule has 1 aliphatic heterocycles. The van der Waals surface area contributed by atoms with Crippen molar-refractivity contribution in [2.24, 2.45) is 0 Å². The Balaban J connectivity index is 2.37. The highest BCUT2D eigenvalue weighted by atomic mass is 32.2. The summed E-state index contributed by atoms with van der Waals surface area (Å²) in [4.78, 5) is 12.5. The van der Waals surface area contributed by atoms with Gasteiger partial charge in [0, 0.05) is 18.8 Å². The lowest BCUT2D eigenvalue weighted by molar-refractivity contribution is 0.0698. The topological polar surface area (TPSA) is 101 Å². The minimum Gasteiger partial charge on any atom is -0.478 e. The van der Waals surface area contributed by atoms with Crippen molar-refractivity contribution in [2.75, 3.05) is 29.2 Å². The molecule has 1 unspecified atom stereocenters. The number of hydrogen-bond donors (Lipinski definition) is 2. The fourth-order valence-corrected chi connectivity index (χ4v) is 4.08. The molecule has 110 valence electrons. The number of rotatable bonds is 3. The third-order valence-electron chi connectivity index (χ3n) is 3.49. The Morgan fingerprint density at radius 2 is 2.15 bits per heavy atom. The summed E-state index contributed by atoms with van der Waals surface area (Å²) in [5, 5.41) is 8.99. The maximum absolute atomic E-state index is 13.9. The third-order valence-corrected chi connectivity index (χ3v) is 5.24. The monoisotopic (exact) mass is 302 g/mol. The molecule has 1 fully saturated rings. The zero-order valence-electron chi connectivity index (χ0n) is 10.8. The Morgan fingerprint density at radius 3 is 2.65 bits per heavy atom. The Morgan fingerprint density at radius 1 is 1.50 bits per heavy atom. The van der Waals surface area contributed by atoms with Crippen molar-refractivity contribution in [2.45, 2.75) is 12.5 Å². The zero-order chi connectivity index (χ0) is 15.1. The first-order valence-corrected chi connectivity index (χ1v) is 7.79. The van der Waals surface area contributed by atoms with Gasteiger partial charge in [-0.25, -0.2) is 17.6 Å². The van der Waals surface area contributed by atoms with E-state index in [2.05, 4.69) is 0 Å². The van der Waals surface area contributed by atoms with Crippen LogP contribution < -0.4 is 10.6 Å². The predicted octanol–water partition coefficient (Wildman–Crippen LogP) is 0.729. The van der Waals surface area contributed by atoms with Gasteiger partial charge in [-0.2, -0.15) is 0 Å². The molecule has 0 amide bonds. The molecule has 0 bridgehead atoms. The quantitative estimate of drug-likeness (QED) is 0.798. The molecular formula is C12H15FN2O4S. The SMILES string of the molecule is CN(c1cc(C(=O)O)c(N)cc1F)C1CCS(=O)(=O)C1. The van der Waals surface area contributed by atoms with Crippen LogP contribution in [0.4, 0.5) is 15.8 Å². The Kier molecular flexibility index (Phi) is 3.59. The number of carboxylic acids is 1. The van der Waals surface area contributed by atoms with Crippen molar-refractivity contribution in [3.63, 3.8) is 0 Å². The van der Waals surface area contributed by atoms with Gasteiger partial charge in [-0.05, 0) is 18.6 Å². The van der Waals surface area contributed by atoms with Crippen molar-refractivity contribution in [1.82, 2.24) is 0 Å². The predicted molar refractivity (Wildman–Crippen MR) is 73.2 cm³/mol. The lowest BCUT2D eigenvalue weighted by atomic mass is 10.1. The zero-order valence-corrected chi connectivity index (χ0v) is 11.7. The number of nitrogen functional groups attached to an aromatic ring is 1. The smallest absolute Gasteiger partial charge is 0.337 e. The van der Waals surface area contributed by atoms with E-state index in [9.17, 15) is 17.6 Å². The van der Waals surface area contributed by atoms with Gasteiger partial charge < -0.3 is 15.7 Å². The van der Waals surface area contributed by atoms with Crippen LogP contribution in [-0.2, 0) is 9.84 Å². The van der Waals surface area contributed by atoms with Gasteiger partial charge >= 0.3 is 5.97 Å². The molecule has 0 aromatic heterocycles. The van der Waals surface area contributed by atoms with E-state index in [0.29, 0.717) is 6.42 Å². The number of carboxylic acid groups (broad SMARTS) is 1. The largest absolute Gasteiger partial charge is 0.478 e. The van der Waals surface area contributed by atoms with Crippen LogP contribution in [0.25, 0.3) is 0 Å². The standard InChI is InChI=1S/C12H15FN2O4S/c1-15(7-2-3-20(18,19)6-7)11-4-8(12(16)17)10(14)5-9(11)13/h4-5,7H,2-3,6,14H2,1H3,(H,16,17). The molecule has 2 rings (SSSR count). The molecule has 0 aliphatic carbocycles. The first-order chi connectivity index (χ1) is 9.21. The molecule has 0 saturated carbocycles. The molecule has 0 radical (unpaired) electrons. The maximum atomic E-state index is 13.9. The summed E-state index contributed by atoms with van der Waals surface area (Å²) in [7, 11) is -1.55. The van der Waals surface area contributed by atoms with E-state index in [0.717, 1.165) is 12.1 Å². The van der Waals surface area contributed by atoms with Crippen LogP contribution >= 0.6 is 0 Å². The molecule has 0 spiro atoms. The molecule has 1 heterocycles. The molecule has 1 saturated heterocycles. The van der Waals surface area contributed by atoms with Crippen molar-refractivity contribution >= 4 is 27.2 Å². The average Bonchev–Trinajstić information content (AvgIpc) is 2.68. The molecule has 1 aromatic carbocycles. The van der Waals surface area contributed by atoms with E-state index in [4.69, 9.17) is 10.8 Å². The van der Waals surface area contributed by atoms with Crippen LogP contribution in [0.3, 0.4) is 0 Å². The van der Waals surface area contributed by atoms with Crippen molar-refractivity contribution in [1.29, 1.82) is 0 Å². The van der Waals surface area contributed by atoms with Crippen LogP contribution in [0.5, 0.6) is 0 Å². The lowest BCUT2D eigenvalue weighted by Crippen LogP contribution is -2.33. The van der Waals surface area contributed by atoms with E-state index in [-0.39, 0.29) is 34.5 Å². The van der Waals surface area contributed by atoms with Gasteiger partial charge in [-0.3, -0.25) is 0 Å². The first kappa shape index (κ1) is 14.6. The minimum absolute atomic E-state index is 0.0405. The molecule has 20 heavy (non-hydrogen) atoms. The Bertz CT molecular complexity index is 660. The van der Waals surface area contributed by atoms with Gasteiger partial charge in [0.2, 0.25) is 0 Å². The number of anilines is 2. The first-order valence-electron chi connectivity index (χ1n) is 5.97. The van der Waals surface area contributed by atoms with Crippen molar-refractivity contribution in [3.05, 3.63) is 23.5 Å². The number of benzene rings is 1. The van der Waals surface area contributed by atoms with Gasteiger partial charge in [-0.15, -0.1) is 0 Å². The summed E-state index contributed by atoms with van der Waals surface area (Å²) in [6.07, 6.45) is 0.394. The fourth-order valence-electron chi connectivity index (χ4n) is 2.31. The summed E-state index contributed by atoms with van der Waals surface area (Å²) >= 11 is 0. The number of nitrogens with zero attached hydrogens (tertiary/aromatic N) is 1. The third kappa shape index (κ3) is 2.69. The highest BCUT2D eigenvalue weighted by Gasteiger charge is 2.32. The highest BCUT2D eigenvalue weighted by molar-refractivity contribution is 7.91. The fraction of sp³-hybridized carbons (Fsp3) is 0.417. The molecule has 3 N–H and O–H groups in total. The number of aromatic carboxylic acids is 1. The van der Waals surface area contributed by atoms with Crippen LogP contribution in [0, 0.1) is 5.82 Å². The summed E-state index contributed by atoms with van der Waals surface area (Å²) < 4.78 is 36.8. The van der Waals surface area contributed by atoms with E-state index >= 15 is 0 Å². The molecule has 1 aromatic rings. The minimum atomic E-state index is -3.10. The van der Waals surface area contributed by atoms with Gasteiger partial charge in [-0.1, -0.05) is 0 Å². The summed E-state index contributed by atoms with van der Waals surface area (Å²) in [6, 6.07) is 1.72. The number of nitrogens with two attached hydrogens (primary N) is 1. The van der Waals surface area contributed by atoms with Crippen LogP contribution in [0.1, 0.15) is 16.8 Å². The number of halogens is 1. The molecule has 1 aliphatic rings. The Hall–Kier alpha value is -1.83. The summed E-state index contributed by atoms with van der Waals surface area (Å²) in [5.74, 6) is -1.92. The van der Waals surface area contributed by atoms with E-state index in [1.165, 1.54) is 4.90 Å². The summed E-state index contributed by atoms with van der Waals surface area (Å²) in [5.41, 5.74) is 5.13. The van der Waals surface area contributed by atoms with E-state index in [1.807, 2.05) is 0 Å². The van der Waals surface area contributed by atoms with E-state index < -0.39 is 21.6 Å². The lowest BCUT2D eigenvalue weighted by Gasteiger charge is -2.26. The van der Waals surface area contributed by atoms with Crippen molar-refractivity contribution < 1.29 is 22.7 Å². The Labute approximate surface area is 115 Å². The van der Waals surface area contributed by atoms with Gasteiger partial charge in [0.15, 0.2) is 9.84 Å². The van der Waals surface area contributed by atoms with Gasteiger partial charge in [0.25, 0.3) is 0 Å². The number of hydrogen-bond acceptors (Lipinski definition) is 5. The highest BCUT2D eigenvalue weighted by Crippen LogP contribution is 2.29. The van der Waals surface area contributed by atoms with E-state index in [1.54, 1.807) is 7.05 Å². The average molecular weight is 302 g/mol. The molecule has 8 heteroatoms. The molecule has 6 nitrogen and oxygen atoms in total. The number of carbonyl (C=O) groups is 1. The van der Waals surface area contributed by atoms with Crippen LogP contribution in [0.2, 0.25) is 0 Å². The summed E-state index contributed by atoms with van der Waals surface area (Å²) in [6.45, 7) is 0. The van der Waals surface area contributed by atoms with Crippen LogP contribution in [0.15, 0.2) is 12.1 Å². The number of sulfone groups is 1. The second-order valence-electron chi connectivity index (χ2n) is 4.86. The van der Waals surface area contributed by atoms with Crippen molar-refractivity contribution in [3.8, 4) is 0 Å². The van der Waals surface area contributed by atoms with Gasteiger partial charge in [0.1, 0.15) is 5.82 Å². The molecular weight excluding hydrogens is 287 g/mol. The van der Waals surface area contributed by atoms with Crippen LogP contribution in [-0.4, -0.2) is 44.1 Å². The maximum Gasteiger partial charge on any atom is 0.337 e. The normalized spacial score (nSPS) is 20.8.